The molecule has 25 heavy (non-hydrogen) atoms. The molecular formula is C15H14ClN3O5S. The molecule has 132 valence electrons. The summed E-state index contributed by atoms with van der Waals surface area (Å²) in [4.78, 5) is 14.1. The van der Waals surface area contributed by atoms with E-state index in [0.717, 1.165) is 16.4 Å². The molecule has 2 aromatic carbocycles. The molecule has 0 heterocycles. The highest BCUT2D eigenvalue weighted by Gasteiger charge is 2.21. The lowest BCUT2D eigenvalue weighted by molar-refractivity contribution is -0.384. The molecular weight excluding hydrogens is 370 g/mol. The Hall–Kier alpha value is -2.49. The van der Waals surface area contributed by atoms with Crippen LogP contribution in [-0.2, 0) is 10.0 Å². The number of nitrogens with zero attached hydrogens (tertiary/aromatic N) is 3. The second kappa shape index (κ2) is 7.18. The van der Waals surface area contributed by atoms with E-state index < -0.39 is 14.9 Å². The molecule has 0 amide bonds. The second-order valence-electron chi connectivity index (χ2n) is 5.16. The number of hydrogen-bond acceptors (Lipinski definition) is 6. The standard InChI is InChI=1S/C15H14ClN3O5S/c1-18(2)25(23,24)15-8-11(3-5-13(15)16)17-9-10-7-12(19(21)22)4-6-14(10)20/h3-9,20H,1-2H3. The molecule has 0 aliphatic rings. The number of hydrogen-bond donors (Lipinski definition) is 1. The van der Waals surface area contributed by atoms with Gasteiger partial charge in [0.1, 0.15) is 10.6 Å². The van der Waals surface area contributed by atoms with Gasteiger partial charge < -0.3 is 5.11 Å². The molecule has 0 aliphatic carbocycles. The predicted octanol–water partition coefficient (Wildman–Crippen LogP) is 2.95. The van der Waals surface area contributed by atoms with Crippen LogP contribution in [0.15, 0.2) is 46.3 Å². The lowest BCUT2D eigenvalue weighted by atomic mass is 10.2. The number of rotatable bonds is 5. The summed E-state index contributed by atoms with van der Waals surface area (Å²) in [6.45, 7) is 0. The van der Waals surface area contributed by atoms with Crippen LogP contribution in [0.25, 0.3) is 0 Å². The Bertz CT molecular complexity index is 958. The van der Waals surface area contributed by atoms with Gasteiger partial charge in [0.25, 0.3) is 5.69 Å². The van der Waals surface area contributed by atoms with Crippen molar-refractivity contribution in [2.75, 3.05) is 14.1 Å². The van der Waals surface area contributed by atoms with Crippen molar-refractivity contribution in [1.82, 2.24) is 4.31 Å². The van der Waals surface area contributed by atoms with E-state index in [1.165, 1.54) is 44.6 Å². The molecule has 0 saturated carbocycles. The third-order valence-electron chi connectivity index (χ3n) is 3.25. The number of nitro benzene ring substituents is 1. The Morgan fingerprint density at radius 3 is 2.52 bits per heavy atom. The Kier molecular flexibility index (Phi) is 5.41. The average Bonchev–Trinajstić information content (AvgIpc) is 2.54. The number of aromatic hydroxyl groups is 1. The van der Waals surface area contributed by atoms with Gasteiger partial charge in [-0.15, -0.1) is 0 Å². The van der Waals surface area contributed by atoms with Crippen molar-refractivity contribution in [2.45, 2.75) is 4.90 Å². The van der Waals surface area contributed by atoms with Crippen molar-refractivity contribution in [1.29, 1.82) is 0 Å². The first kappa shape index (κ1) is 18.8. The predicted molar refractivity (Wildman–Crippen MR) is 94.3 cm³/mol. The quantitative estimate of drug-likeness (QED) is 0.484. The Morgan fingerprint density at radius 2 is 1.92 bits per heavy atom. The molecule has 2 aromatic rings. The minimum absolute atomic E-state index is 0.0471. The molecule has 0 atom stereocenters. The first-order chi connectivity index (χ1) is 11.6. The number of phenols is 1. The normalized spacial score (nSPS) is 12.0. The Labute approximate surface area is 149 Å². The van der Waals surface area contributed by atoms with Crippen LogP contribution in [-0.4, -0.2) is 43.1 Å². The number of benzene rings is 2. The maximum Gasteiger partial charge on any atom is 0.270 e. The van der Waals surface area contributed by atoms with Crippen molar-refractivity contribution >= 4 is 39.2 Å². The minimum atomic E-state index is -3.75. The number of sulfonamides is 1. The van der Waals surface area contributed by atoms with Gasteiger partial charge in [0, 0.05) is 38.0 Å². The maximum absolute atomic E-state index is 12.2. The van der Waals surface area contributed by atoms with Gasteiger partial charge in [0.2, 0.25) is 10.0 Å². The second-order valence-corrected chi connectivity index (χ2v) is 7.69. The summed E-state index contributed by atoms with van der Waals surface area (Å²) >= 11 is 5.95. The van der Waals surface area contributed by atoms with E-state index in [9.17, 15) is 23.6 Å². The van der Waals surface area contributed by atoms with E-state index in [1.54, 1.807) is 0 Å². The topological polar surface area (TPSA) is 113 Å². The largest absolute Gasteiger partial charge is 0.507 e. The van der Waals surface area contributed by atoms with E-state index in [-0.39, 0.29) is 32.6 Å². The van der Waals surface area contributed by atoms with Crippen LogP contribution in [0.2, 0.25) is 5.02 Å². The highest BCUT2D eigenvalue weighted by Crippen LogP contribution is 2.28. The van der Waals surface area contributed by atoms with E-state index in [2.05, 4.69) is 4.99 Å². The van der Waals surface area contributed by atoms with Crippen LogP contribution in [0.1, 0.15) is 5.56 Å². The third kappa shape index (κ3) is 4.13. The van der Waals surface area contributed by atoms with Gasteiger partial charge in [0.15, 0.2) is 0 Å². The summed E-state index contributed by atoms with van der Waals surface area (Å²) in [7, 11) is -0.995. The summed E-state index contributed by atoms with van der Waals surface area (Å²) in [5.74, 6) is -0.190. The molecule has 0 fully saturated rings. The molecule has 0 radical (unpaired) electrons. The van der Waals surface area contributed by atoms with E-state index in [1.807, 2.05) is 0 Å². The van der Waals surface area contributed by atoms with Gasteiger partial charge in [-0.3, -0.25) is 15.1 Å². The lowest BCUT2D eigenvalue weighted by Crippen LogP contribution is -2.22. The Morgan fingerprint density at radius 1 is 1.24 bits per heavy atom. The first-order valence-corrected chi connectivity index (χ1v) is 8.68. The first-order valence-electron chi connectivity index (χ1n) is 6.86. The summed E-state index contributed by atoms with van der Waals surface area (Å²) in [6, 6.07) is 7.66. The molecule has 0 saturated heterocycles. The lowest BCUT2D eigenvalue weighted by Gasteiger charge is -2.12. The number of non-ortho nitro benzene ring substituents is 1. The van der Waals surface area contributed by atoms with Gasteiger partial charge >= 0.3 is 0 Å². The molecule has 2 rings (SSSR count). The van der Waals surface area contributed by atoms with Crippen LogP contribution >= 0.6 is 11.6 Å². The number of aliphatic imine (C=N–C) groups is 1. The van der Waals surface area contributed by atoms with Crippen LogP contribution in [0, 0.1) is 10.1 Å². The molecule has 8 nitrogen and oxygen atoms in total. The van der Waals surface area contributed by atoms with Gasteiger partial charge in [0.05, 0.1) is 15.6 Å². The molecule has 0 aliphatic heterocycles. The summed E-state index contributed by atoms with van der Waals surface area (Å²) in [5, 5.41) is 20.6. The van der Waals surface area contributed by atoms with Gasteiger partial charge in [-0.2, -0.15) is 0 Å². The van der Waals surface area contributed by atoms with E-state index >= 15 is 0 Å². The van der Waals surface area contributed by atoms with Gasteiger partial charge in [-0.1, -0.05) is 11.6 Å². The number of halogens is 1. The maximum atomic E-state index is 12.2. The molecule has 1 N–H and O–H groups in total. The van der Waals surface area contributed by atoms with Crippen molar-refractivity contribution < 1.29 is 18.4 Å². The fourth-order valence-corrected chi connectivity index (χ4v) is 3.26. The average molecular weight is 384 g/mol. The summed E-state index contributed by atoms with van der Waals surface area (Å²) in [6.07, 6.45) is 1.21. The molecule has 0 spiro atoms. The van der Waals surface area contributed by atoms with Crippen LogP contribution < -0.4 is 0 Å². The molecule has 0 aromatic heterocycles. The van der Waals surface area contributed by atoms with Crippen molar-refractivity contribution in [3.8, 4) is 5.75 Å². The van der Waals surface area contributed by atoms with Crippen molar-refractivity contribution in [3.05, 3.63) is 57.1 Å². The third-order valence-corrected chi connectivity index (χ3v) is 5.54. The fourth-order valence-electron chi connectivity index (χ4n) is 1.87. The van der Waals surface area contributed by atoms with Crippen LogP contribution in [0.3, 0.4) is 0 Å². The van der Waals surface area contributed by atoms with Crippen molar-refractivity contribution in [3.63, 3.8) is 0 Å². The summed E-state index contributed by atoms with van der Waals surface area (Å²) in [5.41, 5.74) is 0.183. The zero-order chi connectivity index (χ0) is 18.8. The van der Waals surface area contributed by atoms with E-state index in [0.29, 0.717) is 0 Å². The Balaban J connectivity index is 2.44. The molecule has 10 heteroatoms. The number of nitro groups is 1. The van der Waals surface area contributed by atoms with Crippen LogP contribution in [0.5, 0.6) is 5.75 Å². The highest BCUT2D eigenvalue weighted by atomic mass is 35.5. The fraction of sp³-hybridized carbons (Fsp3) is 0.133. The smallest absolute Gasteiger partial charge is 0.270 e. The monoisotopic (exact) mass is 383 g/mol. The molecule has 0 unspecified atom stereocenters. The minimum Gasteiger partial charge on any atom is -0.507 e. The SMILES string of the molecule is CN(C)S(=O)(=O)c1cc(N=Cc2cc([N+](=O)[O-])ccc2O)ccc1Cl. The summed E-state index contributed by atoms with van der Waals surface area (Å²) < 4.78 is 25.5. The zero-order valence-corrected chi connectivity index (χ0v) is 14.8. The van der Waals surface area contributed by atoms with Gasteiger partial charge in [-0.05, 0) is 24.3 Å². The zero-order valence-electron chi connectivity index (χ0n) is 13.2. The highest BCUT2D eigenvalue weighted by molar-refractivity contribution is 7.89. The van der Waals surface area contributed by atoms with Gasteiger partial charge in [-0.25, -0.2) is 12.7 Å². The number of phenolic OH excluding ortho intramolecular Hbond substituents is 1. The van der Waals surface area contributed by atoms with Crippen molar-refractivity contribution in [2.24, 2.45) is 4.99 Å². The molecule has 0 bridgehead atoms. The van der Waals surface area contributed by atoms with E-state index in [4.69, 9.17) is 11.6 Å². The van der Waals surface area contributed by atoms with Crippen LogP contribution in [0.4, 0.5) is 11.4 Å².